The summed E-state index contributed by atoms with van der Waals surface area (Å²) in [5.41, 5.74) is 2.46. The molecule has 20 heavy (non-hydrogen) atoms. The Balaban J connectivity index is 2.53. The van der Waals surface area contributed by atoms with Gasteiger partial charge in [0.25, 0.3) is 0 Å². The monoisotopic (exact) mass is 278 g/mol. The fourth-order valence-electron chi connectivity index (χ4n) is 2.28. The molecule has 0 aromatic heterocycles. The molecule has 0 saturated heterocycles. The van der Waals surface area contributed by atoms with Crippen molar-refractivity contribution >= 4 is 0 Å². The predicted octanol–water partition coefficient (Wildman–Crippen LogP) is 3.38. The molecule has 2 atom stereocenters. The first kappa shape index (κ1) is 17.0. The van der Waals surface area contributed by atoms with Crippen molar-refractivity contribution in [2.45, 2.75) is 46.2 Å². The summed E-state index contributed by atoms with van der Waals surface area (Å²) < 4.78 is 5.48. The van der Waals surface area contributed by atoms with E-state index in [-0.39, 0.29) is 0 Å². The van der Waals surface area contributed by atoms with Crippen LogP contribution in [0.25, 0.3) is 0 Å². The van der Waals surface area contributed by atoms with Crippen molar-refractivity contribution < 1.29 is 4.74 Å². The van der Waals surface area contributed by atoms with Gasteiger partial charge < -0.3 is 15.0 Å². The lowest BCUT2D eigenvalue weighted by Crippen LogP contribution is -2.35. The fourth-order valence-corrected chi connectivity index (χ4v) is 2.28. The number of nitrogens with zero attached hydrogens (tertiary/aromatic N) is 1. The molecule has 0 aliphatic heterocycles. The highest BCUT2D eigenvalue weighted by molar-refractivity contribution is 5.38. The summed E-state index contributed by atoms with van der Waals surface area (Å²) in [6.07, 6.45) is 1.19. The van der Waals surface area contributed by atoms with Gasteiger partial charge in [0.05, 0.1) is 7.11 Å². The topological polar surface area (TPSA) is 24.5 Å². The zero-order chi connectivity index (χ0) is 15.1. The van der Waals surface area contributed by atoms with Crippen LogP contribution >= 0.6 is 0 Å². The van der Waals surface area contributed by atoms with E-state index in [1.165, 1.54) is 17.5 Å². The Morgan fingerprint density at radius 1 is 1.30 bits per heavy atom. The molecule has 1 aromatic rings. The zero-order valence-electron chi connectivity index (χ0n) is 13.9. The smallest absolute Gasteiger partial charge is 0.123 e. The van der Waals surface area contributed by atoms with Crippen molar-refractivity contribution in [2.75, 3.05) is 27.2 Å². The summed E-state index contributed by atoms with van der Waals surface area (Å²) in [6.45, 7) is 10.8. The van der Waals surface area contributed by atoms with E-state index in [2.05, 4.69) is 63.2 Å². The van der Waals surface area contributed by atoms with Crippen LogP contribution in [-0.4, -0.2) is 38.2 Å². The molecule has 0 aliphatic carbocycles. The molecule has 0 saturated carbocycles. The number of hydrogen-bond acceptors (Lipinski definition) is 3. The van der Waals surface area contributed by atoms with E-state index in [1.807, 2.05) is 0 Å². The minimum absolute atomic E-state index is 0.302. The minimum Gasteiger partial charge on any atom is -0.496 e. The lowest BCUT2D eigenvalue weighted by Gasteiger charge is -2.25. The van der Waals surface area contributed by atoms with Crippen LogP contribution in [0.2, 0.25) is 0 Å². The van der Waals surface area contributed by atoms with Crippen LogP contribution < -0.4 is 10.1 Å². The van der Waals surface area contributed by atoms with Crippen molar-refractivity contribution in [3.8, 4) is 5.75 Å². The second-order valence-corrected chi connectivity index (χ2v) is 5.66. The minimum atomic E-state index is 0.302. The molecular weight excluding hydrogens is 248 g/mol. The first-order valence-corrected chi connectivity index (χ1v) is 7.57. The van der Waals surface area contributed by atoms with E-state index in [4.69, 9.17) is 4.74 Å². The average Bonchev–Trinajstić information content (AvgIpc) is 2.45. The number of benzene rings is 1. The van der Waals surface area contributed by atoms with Crippen molar-refractivity contribution in [1.29, 1.82) is 0 Å². The number of hydrogen-bond donors (Lipinski definition) is 1. The predicted molar refractivity (Wildman–Crippen MR) is 86.5 cm³/mol. The van der Waals surface area contributed by atoms with E-state index >= 15 is 0 Å². The van der Waals surface area contributed by atoms with Crippen LogP contribution in [-0.2, 0) is 0 Å². The lowest BCUT2D eigenvalue weighted by molar-refractivity contribution is 0.249. The highest BCUT2D eigenvalue weighted by Gasteiger charge is 2.12. The summed E-state index contributed by atoms with van der Waals surface area (Å²) in [7, 11) is 3.93. The fraction of sp³-hybridized carbons (Fsp3) is 0.647. The average molecular weight is 278 g/mol. The van der Waals surface area contributed by atoms with Gasteiger partial charge in [-0.05, 0) is 45.9 Å². The van der Waals surface area contributed by atoms with Gasteiger partial charge in [-0.25, -0.2) is 0 Å². The van der Waals surface area contributed by atoms with Crippen molar-refractivity contribution in [3.63, 3.8) is 0 Å². The van der Waals surface area contributed by atoms with E-state index in [0.717, 1.165) is 18.8 Å². The van der Waals surface area contributed by atoms with Crippen LogP contribution in [0.3, 0.4) is 0 Å². The van der Waals surface area contributed by atoms with Crippen molar-refractivity contribution in [1.82, 2.24) is 10.2 Å². The van der Waals surface area contributed by atoms with Crippen molar-refractivity contribution in [2.24, 2.45) is 0 Å². The third-order valence-corrected chi connectivity index (χ3v) is 4.11. The molecule has 0 aliphatic rings. The highest BCUT2D eigenvalue weighted by atomic mass is 16.5. The van der Waals surface area contributed by atoms with Gasteiger partial charge in [0.15, 0.2) is 0 Å². The van der Waals surface area contributed by atoms with Gasteiger partial charge in [0, 0.05) is 30.7 Å². The van der Waals surface area contributed by atoms with E-state index in [1.54, 1.807) is 7.11 Å². The Kier molecular flexibility index (Phi) is 7.03. The summed E-state index contributed by atoms with van der Waals surface area (Å²) >= 11 is 0. The van der Waals surface area contributed by atoms with Crippen LogP contribution in [0.1, 0.15) is 44.4 Å². The normalized spacial score (nSPS) is 14.3. The lowest BCUT2D eigenvalue weighted by atomic mass is 10.0. The molecule has 0 heterocycles. The molecule has 1 aromatic carbocycles. The second kappa shape index (κ2) is 8.28. The number of rotatable bonds is 8. The van der Waals surface area contributed by atoms with Crippen LogP contribution in [0.4, 0.5) is 0 Å². The molecule has 114 valence electrons. The zero-order valence-corrected chi connectivity index (χ0v) is 13.9. The Bertz CT molecular complexity index is 406. The van der Waals surface area contributed by atoms with Gasteiger partial charge in [-0.3, -0.25) is 0 Å². The van der Waals surface area contributed by atoms with Crippen LogP contribution in [0.5, 0.6) is 5.75 Å². The van der Waals surface area contributed by atoms with Gasteiger partial charge in [-0.2, -0.15) is 0 Å². The van der Waals surface area contributed by atoms with Gasteiger partial charge >= 0.3 is 0 Å². The molecule has 1 rings (SSSR count). The maximum Gasteiger partial charge on any atom is 0.123 e. The van der Waals surface area contributed by atoms with Gasteiger partial charge in [-0.1, -0.05) is 19.1 Å². The number of nitrogens with one attached hydrogen (secondary N) is 1. The first-order valence-electron chi connectivity index (χ1n) is 7.57. The quantitative estimate of drug-likeness (QED) is 0.789. The maximum absolute atomic E-state index is 5.48. The molecule has 3 heteroatoms. The van der Waals surface area contributed by atoms with Gasteiger partial charge in [0.2, 0.25) is 0 Å². The summed E-state index contributed by atoms with van der Waals surface area (Å²) in [5, 5.41) is 3.58. The largest absolute Gasteiger partial charge is 0.496 e. The van der Waals surface area contributed by atoms with Crippen LogP contribution in [0, 0.1) is 6.92 Å². The van der Waals surface area contributed by atoms with Gasteiger partial charge in [0.1, 0.15) is 5.75 Å². The molecule has 0 bridgehead atoms. The molecule has 0 fully saturated rings. The molecular formula is C17H30N2O. The number of aryl methyl sites for hydroxylation is 1. The molecule has 0 radical (unpaired) electrons. The van der Waals surface area contributed by atoms with E-state index < -0.39 is 0 Å². The maximum atomic E-state index is 5.48. The second-order valence-electron chi connectivity index (χ2n) is 5.66. The third kappa shape index (κ3) is 4.80. The highest BCUT2D eigenvalue weighted by Crippen LogP contribution is 2.25. The number of likely N-dealkylation sites (N-methyl/N-ethyl adjacent to an activating group) is 1. The Morgan fingerprint density at radius 3 is 2.60 bits per heavy atom. The van der Waals surface area contributed by atoms with E-state index in [0.29, 0.717) is 12.1 Å². The Morgan fingerprint density at radius 2 is 2.00 bits per heavy atom. The molecule has 0 spiro atoms. The van der Waals surface area contributed by atoms with Crippen molar-refractivity contribution in [3.05, 3.63) is 29.3 Å². The summed E-state index contributed by atoms with van der Waals surface area (Å²) in [5.74, 6) is 0.972. The SMILES string of the molecule is CCC(C)N(C)CCNC(C)c1ccc(C)cc1OC. The standard InChI is InChI=1S/C17H30N2O/c1-7-14(3)19(5)11-10-18-15(4)16-9-8-13(2)12-17(16)20-6/h8-9,12,14-15,18H,7,10-11H2,1-6H3. The number of methoxy groups -OCH3 is 1. The van der Waals surface area contributed by atoms with Crippen LogP contribution in [0.15, 0.2) is 18.2 Å². The van der Waals surface area contributed by atoms with Gasteiger partial charge in [-0.15, -0.1) is 0 Å². The Hall–Kier alpha value is -1.06. The summed E-state index contributed by atoms with van der Waals surface area (Å²) in [4.78, 5) is 2.39. The Labute approximate surface area is 124 Å². The molecule has 3 nitrogen and oxygen atoms in total. The molecule has 2 unspecified atom stereocenters. The summed E-state index contributed by atoms with van der Waals surface area (Å²) in [6, 6.07) is 7.33. The number of ether oxygens (including phenoxy) is 1. The molecule has 1 N–H and O–H groups in total. The first-order chi connectivity index (χ1) is 9.49. The molecule has 0 amide bonds. The van der Waals surface area contributed by atoms with E-state index in [9.17, 15) is 0 Å². The third-order valence-electron chi connectivity index (χ3n) is 4.11.